The van der Waals surface area contributed by atoms with Gasteiger partial charge in [0.15, 0.2) is 0 Å². The van der Waals surface area contributed by atoms with Crippen LogP contribution in [0.25, 0.3) is 0 Å². The molecule has 1 aliphatic rings. The molecule has 1 fully saturated rings. The van der Waals surface area contributed by atoms with Crippen LogP contribution in [0.15, 0.2) is 18.2 Å². The number of hydrogen-bond acceptors (Lipinski definition) is 3. The van der Waals surface area contributed by atoms with Crippen molar-refractivity contribution in [1.29, 1.82) is 0 Å². The van der Waals surface area contributed by atoms with Crippen molar-refractivity contribution in [2.45, 2.75) is 25.7 Å². The van der Waals surface area contributed by atoms with E-state index in [4.69, 9.17) is 22.1 Å². The highest BCUT2D eigenvalue weighted by Gasteiger charge is 2.15. The summed E-state index contributed by atoms with van der Waals surface area (Å²) in [5, 5.41) is 3.26. The van der Waals surface area contributed by atoms with E-state index in [0.717, 1.165) is 0 Å². The Labute approximate surface area is 118 Å². The molecule has 0 aromatic heterocycles. The summed E-state index contributed by atoms with van der Waals surface area (Å²) in [5.41, 5.74) is 6.78. The second-order valence-electron chi connectivity index (χ2n) is 4.95. The van der Waals surface area contributed by atoms with Gasteiger partial charge in [0.2, 0.25) is 5.91 Å². The minimum atomic E-state index is -0.188. The zero-order valence-electron chi connectivity index (χ0n) is 10.8. The van der Waals surface area contributed by atoms with Crippen LogP contribution in [0, 0.1) is 5.92 Å². The summed E-state index contributed by atoms with van der Waals surface area (Å²) in [6.45, 7) is 0.738. The molecule has 1 aromatic rings. The molecule has 0 atom stereocenters. The minimum absolute atomic E-state index is 0.0680. The van der Waals surface area contributed by atoms with Crippen molar-refractivity contribution in [2.24, 2.45) is 5.92 Å². The van der Waals surface area contributed by atoms with Crippen molar-refractivity contribution < 1.29 is 9.53 Å². The SMILES string of the molecule is Nc1cc(Cl)ccc1NC(=O)COCC1CCCC1. The Morgan fingerprint density at radius 3 is 2.84 bits per heavy atom. The maximum absolute atomic E-state index is 11.7. The van der Waals surface area contributed by atoms with E-state index in [0.29, 0.717) is 28.9 Å². The molecule has 5 heteroatoms. The number of ether oxygens (including phenoxy) is 1. The molecule has 0 heterocycles. The molecule has 2 rings (SSSR count). The van der Waals surface area contributed by atoms with Crippen molar-refractivity contribution in [3.8, 4) is 0 Å². The number of anilines is 2. The summed E-state index contributed by atoms with van der Waals surface area (Å²) in [4.78, 5) is 11.7. The van der Waals surface area contributed by atoms with E-state index in [1.165, 1.54) is 25.7 Å². The van der Waals surface area contributed by atoms with E-state index in [2.05, 4.69) is 5.32 Å². The third-order valence-electron chi connectivity index (χ3n) is 3.35. The van der Waals surface area contributed by atoms with Crippen LogP contribution < -0.4 is 11.1 Å². The zero-order chi connectivity index (χ0) is 13.7. The van der Waals surface area contributed by atoms with Gasteiger partial charge in [-0.15, -0.1) is 0 Å². The summed E-state index contributed by atoms with van der Waals surface area (Å²) in [6.07, 6.45) is 4.99. The Morgan fingerprint density at radius 1 is 1.42 bits per heavy atom. The van der Waals surface area contributed by atoms with Crippen LogP contribution in [0.3, 0.4) is 0 Å². The molecular formula is C14H19ClN2O2. The fourth-order valence-electron chi connectivity index (χ4n) is 2.33. The average Bonchev–Trinajstić information content (AvgIpc) is 2.86. The predicted octanol–water partition coefficient (Wildman–Crippen LogP) is 3.07. The Bertz CT molecular complexity index is 445. The number of rotatable bonds is 5. The average molecular weight is 283 g/mol. The molecular weight excluding hydrogens is 264 g/mol. The number of amides is 1. The molecule has 1 aromatic carbocycles. The van der Waals surface area contributed by atoms with E-state index < -0.39 is 0 Å². The number of nitrogen functional groups attached to an aromatic ring is 1. The normalized spacial score (nSPS) is 15.6. The quantitative estimate of drug-likeness (QED) is 0.816. The first kappa shape index (κ1) is 14.2. The highest BCUT2D eigenvalue weighted by molar-refractivity contribution is 6.31. The minimum Gasteiger partial charge on any atom is -0.397 e. The highest BCUT2D eigenvalue weighted by Crippen LogP contribution is 2.25. The summed E-state index contributed by atoms with van der Waals surface area (Å²) in [7, 11) is 0. The molecule has 3 N–H and O–H groups in total. The highest BCUT2D eigenvalue weighted by atomic mass is 35.5. The van der Waals surface area contributed by atoms with Crippen LogP contribution in [-0.4, -0.2) is 19.1 Å². The molecule has 1 aliphatic carbocycles. The number of carbonyl (C=O) groups is 1. The number of nitrogens with two attached hydrogens (primary N) is 1. The van der Waals surface area contributed by atoms with Gasteiger partial charge >= 0.3 is 0 Å². The second-order valence-corrected chi connectivity index (χ2v) is 5.38. The van der Waals surface area contributed by atoms with Gasteiger partial charge in [0.1, 0.15) is 6.61 Å². The van der Waals surface area contributed by atoms with Crippen LogP contribution in [-0.2, 0) is 9.53 Å². The molecule has 1 saturated carbocycles. The van der Waals surface area contributed by atoms with Gasteiger partial charge in [-0.3, -0.25) is 4.79 Å². The van der Waals surface area contributed by atoms with Crippen LogP contribution >= 0.6 is 11.6 Å². The van der Waals surface area contributed by atoms with E-state index in [9.17, 15) is 4.79 Å². The number of carbonyl (C=O) groups excluding carboxylic acids is 1. The largest absolute Gasteiger partial charge is 0.397 e. The fourth-order valence-corrected chi connectivity index (χ4v) is 2.51. The Kier molecular flexibility index (Phi) is 5.05. The maximum Gasteiger partial charge on any atom is 0.250 e. The predicted molar refractivity (Wildman–Crippen MR) is 77.3 cm³/mol. The topological polar surface area (TPSA) is 64.3 Å². The van der Waals surface area contributed by atoms with Gasteiger partial charge in [0, 0.05) is 5.02 Å². The third-order valence-corrected chi connectivity index (χ3v) is 3.58. The molecule has 0 saturated heterocycles. The lowest BCUT2D eigenvalue weighted by Gasteiger charge is -2.11. The van der Waals surface area contributed by atoms with E-state index in [1.54, 1.807) is 18.2 Å². The number of benzene rings is 1. The van der Waals surface area contributed by atoms with Gasteiger partial charge in [-0.2, -0.15) is 0 Å². The number of hydrogen-bond donors (Lipinski definition) is 2. The van der Waals surface area contributed by atoms with Crippen molar-refractivity contribution in [1.82, 2.24) is 0 Å². The maximum atomic E-state index is 11.7. The molecule has 19 heavy (non-hydrogen) atoms. The fraction of sp³-hybridized carbons (Fsp3) is 0.500. The molecule has 4 nitrogen and oxygen atoms in total. The Hall–Kier alpha value is -1.26. The Morgan fingerprint density at radius 2 is 2.16 bits per heavy atom. The van der Waals surface area contributed by atoms with Crippen molar-refractivity contribution >= 4 is 28.9 Å². The molecule has 0 unspecified atom stereocenters. The molecule has 0 spiro atoms. The molecule has 1 amide bonds. The van der Waals surface area contributed by atoms with Crippen molar-refractivity contribution in [3.63, 3.8) is 0 Å². The summed E-state index contributed by atoms with van der Waals surface area (Å²) in [5.74, 6) is 0.431. The Balaban J connectivity index is 1.74. The molecule has 0 bridgehead atoms. The van der Waals surface area contributed by atoms with Gasteiger partial charge in [-0.05, 0) is 37.0 Å². The summed E-state index contributed by atoms with van der Waals surface area (Å²) >= 11 is 5.79. The van der Waals surface area contributed by atoms with E-state index in [1.807, 2.05) is 0 Å². The monoisotopic (exact) mass is 282 g/mol. The van der Waals surface area contributed by atoms with E-state index in [-0.39, 0.29) is 12.5 Å². The first-order valence-corrected chi connectivity index (χ1v) is 6.95. The lowest BCUT2D eigenvalue weighted by atomic mass is 10.1. The van der Waals surface area contributed by atoms with Crippen molar-refractivity contribution in [3.05, 3.63) is 23.2 Å². The van der Waals surface area contributed by atoms with Crippen LogP contribution in [0.4, 0.5) is 11.4 Å². The second kappa shape index (κ2) is 6.78. The first-order chi connectivity index (χ1) is 9.15. The summed E-state index contributed by atoms with van der Waals surface area (Å²) < 4.78 is 5.44. The van der Waals surface area contributed by atoms with Crippen LogP contribution in [0.5, 0.6) is 0 Å². The number of halogens is 1. The lowest BCUT2D eigenvalue weighted by Crippen LogP contribution is -2.20. The molecule has 0 radical (unpaired) electrons. The number of nitrogens with one attached hydrogen (secondary N) is 1. The zero-order valence-corrected chi connectivity index (χ0v) is 11.6. The standard InChI is InChI=1S/C14H19ClN2O2/c15-11-5-6-13(12(16)7-11)17-14(18)9-19-8-10-3-1-2-4-10/h5-7,10H,1-4,8-9,16H2,(H,17,18). The lowest BCUT2D eigenvalue weighted by molar-refractivity contribution is -0.121. The third kappa shape index (κ3) is 4.40. The van der Waals surface area contributed by atoms with Crippen molar-refractivity contribution in [2.75, 3.05) is 24.3 Å². The van der Waals surface area contributed by atoms with Gasteiger partial charge < -0.3 is 15.8 Å². The van der Waals surface area contributed by atoms with Gasteiger partial charge in [0.25, 0.3) is 0 Å². The van der Waals surface area contributed by atoms with E-state index >= 15 is 0 Å². The van der Waals surface area contributed by atoms with Gasteiger partial charge in [-0.1, -0.05) is 24.4 Å². The van der Waals surface area contributed by atoms with Crippen LogP contribution in [0.2, 0.25) is 5.02 Å². The molecule has 0 aliphatic heterocycles. The van der Waals surface area contributed by atoms with Gasteiger partial charge in [-0.25, -0.2) is 0 Å². The smallest absolute Gasteiger partial charge is 0.250 e. The van der Waals surface area contributed by atoms with Gasteiger partial charge in [0.05, 0.1) is 18.0 Å². The van der Waals surface area contributed by atoms with Crippen LogP contribution in [0.1, 0.15) is 25.7 Å². The molecule has 104 valence electrons. The first-order valence-electron chi connectivity index (χ1n) is 6.58. The summed E-state index contributed by atoms with van der Waals surface area (Å²) in [6, 6.07) is 4.98.